The molecule has 0 aromatic heterocycles. The van der Waals surface area contributed by atoms with Crippen LogP contribution in [0.5, 0.6) is 0 Å². The van der Waals surface area contributed by atoms with E-state index in [0.29, 0.717) is 15.7 Å². The summed E-state index contributed by atoms with van der Waals surface area (Å²) in [6.45, 7) is 1.50. The molecule has 3 aromatic carbocycles. The second kappa shape index (κ2) is 9.62. The van der Waals surface area contributed by atoms with E-state index in [2.05, 4.69) is 5.32 Å². The Morgan fingerprint density at radius 3 is 2.20 bits per heavy atom. The van der Waals surface area contributed by atoms with Gasteiger partial charge in [0.2, 0.25) is 15.9 Å². The van der Waals surface area contributed by atoms with Gasteiger partial charge in [-0.25, -0.2) is 8.42 Å². The SMILES string of the molecule is Cc1cc(Cl)ccc1NC(=O)CN(Cc1ccc(Cl)cc1)S(=O)(=O)c1ccccc1. The Balaban J connectivity index is 1.86. The maximum atomic E-state index is 13.2. The number of sulfonamides is 1. The number of hydrogen-bond acceptors (Lipinski definition) is 3. The van der Waals surface area contributed by atoms with Gasteiger partial charge in [0, 0.05) is 22.3 Å². The lowest BCUT2D eigenvalue weighted by Crippen LogP contribution is -2.37. The molecule has 0 heterocycles. The van der Waals surface area contributed by atoms with Crippen LogP contribution in [-0.2, 0) is 21.4 Å². The fourth-order valence-electron chi connectivity index (χ4n) is 2.88. The van der Waals surface area contributed by atoms with Crippen molar-refractivity contribution in [3.8, 4) is 0 Å². The lowest BCUT2D eigenvalue weighted by molar-refractivity contribution is -0.116. The molecule has 0 spiro atoms. The third-order valence-electron chi connectivity index (χ3n) is 4.44. The maximum absolute atomic E-state index is 13.2. The number of nitrogens with one attached hydrogen (secondary N) is 1. The number of nitrogens with zero attached hydrogens (tertiary/aromatic N) is 1. The van der Waals surface area contributed by atoms with Crippen molar-refractivity contribution in [2.75, 3.05) is 11.9 Å². The summed E-state index contributed by atoms with van der Waals surface area (Å²) < 4.78 is 27.6. The van der Waals surface area contributed by atoms with E-state index in [1.54, 1.807) is 60.7 Å². The van der Waals surface area contributed by atoms with Crippen LogP contribution >= 0.6 is 23.2 Å². The van der Waals surface area contributed by atoms with Gasteiger partial charge < -0.3 is 5.32 Å². The fraction of sp³-hybridized carbons (Fsp3) is 0.136. The van der Waals surface area contributed by atoms with Crippen LogP contribution in [0, 0.1) is 6.92 Å². The van der Waals surface area contributed by atoms with Crippen LogP contribution in [0.3, 0.4) is 0 Å². The maximum Gasteiger partial charge on any atom is 0.243 e. The van der Waals surface area contributed by atoms with E-state index in [1.165, 1.54) is 12.1 Å². The van der Waals surface area contributed by atoms with Crippen molar-refractivity contribution in [2.24, 2.45) is 0 Å². The predicted molar refractivity (Wildman–Crippen MR) is 120 cm³/mol. The highest BCUT2D eigenvalue weighted by molar-refractivity contribution is 7.89. The number of anilines is 1. The molecule has 5 nitrogen and oxygen atoms in total. The minimum absolute atomic E-state index is 0.0292. The van der Waals surface area contributed by atoms with Crippen LogP contribution in [0.25, 0.3) is 0 Å². The zero-order valence-corrected chi connectivity index (χ0v) is 18.5. The Bertz CT molecular complexity index is 1130. The molecule has 0 aliphatic carbocycles. The molecule has 0 saturated carbocycles. The van der Waals surface area contributed by atoms with Crippen LogP contribution < -0.4 is 5.32 Å². The quantitative estimate of drug-likeness (QED) is 0.528. The second-order valence-electron chi connectivity index (χ2n) is 6.72. The molecule has 1 amide bonds. The number of hydrogen-bond donors (Lipinski definition) is 1. The summed E-state index contributed by atoms with van der Waals surface area (Å²) in [5.41, 5.74) is 2.08. The molecular formula is C22H20Cl2N2O3S. The normalized spacial score (nSPS) is 11.5. The fourth-order valence-corrected chi connectivity index (χ4v) is 4.64. The first kappa shape index (κ1) is 22.3. The second-order valence-corrected chi connectivity index (χ2v) is 9.53. The van der Waals surface area contributed by atoms with Crippen molar-refractivity contribution in [3.05, 3.63) is 94.0 Å². The summed E-state index contributed by atoms with van der Waals surface area (Å²) in [5.74, 6) is -0.450. The van der Waals surface area contributed by atoms with Gasteiger partial charge in [-0.15, -0.1) is 0 Å². The molecular weight excluding hydrogens is 443 g/mol. The number of halogens is 2. The molecule has 0 atom stereocenters. The minimum Gasteiger partial charge on any atom is -0.325 e. The molecule has 0 aliphatic heterocycles. The molecule has 3 aromatic rings. The average Bonchev–Trinajstić information content (AvgIpc) is 2.72. The number of aryl methyl sites for hydroxylation is 1. The van der Waals surface area contributed by atoms with E-state index in [-0.39, 0.29) is 18.0 Å². The molecule has 8 heteroatoms. The Morgan fingerprint density at radius 2 is 1.57 bits per heavy atom. The van der Waals surface area contributed by atoms with Gasteiger partial charge in [0.25, 0.3) is 0 Å². The number of carbonyl (C=O) groups excluding carboxylic acids is 1. The lowest BCUT2D eigenvalue weighted by Gasteiger charge is -2.22. The third-order valence-corrected chi connectivity index (χ3v) is 6.73. The highest BCUT2D eigenvalue weighted by atomic mass is 35.5. The van der Waals surface area contributed by atoms with Gasteiger partial charge in [-0.2, -0.15) is 4.31 Å². The first-order valence-electron chi connectivity index (χ1n) is 9.11. The van der Waals surface area contributed by atoms with E-state index in [4.69, 9.17) is 23.2 Å². The van der Waals surface area contributed by atoms with Crippen molar-refractivity contribution in [2.45, 2.75) is 18.4 Å². The van der Waals surface area contributed by atoms with Crippen molar-refractivity contribution in [3.63, 3.8) is 0 Å². The topological polar surface area (TPSA) is 66.5 Å². The molecule has 0 saturated heterocycles. The molecule has 3 rings (SSSR count). The van der Waals surface area contributed by atoms with E-state index in [9.17, 15) is 13.2 Å². The van der Waals surface area contributed by atoms with Crippen LogP contribution in [0.4, 0.5) is 5.69 Å². The van der Waals surface area contributed by atoms with Gasteiger partial charge in [0.05, 0.1) is 11.4 Å². The predicted octanol–water partition coefficient (Wildman–Crippen LogP) is 5.13. The first-order chi connectivity index (χ1) is 14.3. The highest BCUT2D eigenvalue weighted by Gasteiger charge is 2.27. The van der Waals surface area contributed by atoms with E-state index < -0.39 is 15.9 Å². The van der Waals surface area contributed by atoms with Gasteiger partial charge >= 0.3 is 0 Å². The van der Waals surface area contributed by atoms with Gasteiger partial charge in [0.1, 0.15) is 0 Å². The largest absolute Gasteiger partial charge is 0.325 e. The summed E-state index contributed by atoms with van der Waals surface area (Å²) in [7, 11) is -3.90. The first-order valence-corrected chi connectivity index (χ1v) is 11.3. The summed E-state index contributed by atoms with van der Waals surface area (Å²) in [4.78, 5) is 12.8. The summed E-state index contributed by atoms with van der Waals surface area (Å²) in [5, 5.41) is 3.87. The van der Waals surface area contributed by atoms with Crippen LogP contribution in [0.1, 0.15) is 11.1 Å². The number of rotatable bonds is 7. The lowest BCUT2D eigenvalue weighted by atomic mass is 10.2. The Labute approximate surface area is 186 Å². The van der Waals surface area contributed by atoms with Crippen molar-refractivity contribution < 1.29 is 13.2 Å². The van der Waals surface area contributed by atoms with E-state index >= 15 is 0 Å². The Kier molecular flexibility index (Phi) is 7.15. The van der Waals surface area contributed by atoms with E-state index in [1.807, 2.05) is 6.92 Å². The smallest absolute Gasteiger partial charge is 0.243 e. The van der Waals surface area contributed by atoms with Gasteiger partial charge in [-0.3, -0.25) is 4.79 Å². The van der Waals surface area contributed by atoms with Gasteiger partial charge in [-0.05, 0) is 60.5 Å². The zero-order chi connectivity index (χ0) is 21.7. The molecule has 0 bridgehead atoms. The van der Waals surface area contributed by atoms with Gasteiger partial charge in [-0.1, -0.05) is 53.5 Å². The molecule has 0 fully saturated rings. The molecule has 1 N–H and O–H groups in total. The van der Waals surface area contributed by atoms with E-state index in [0.717, 1.165) is 15.4 Å². The summed E-state index contributed by atoms with van der Waals surface area (Å²) >= 11 is 11.9. The van der Waals surface area contributed by atoms with Crippen LogP contribution in [0.2, 0.25) is 10.0 Å². The summed E-state index contributed by atoms with van der Waals surface area (Å²) in [6.07, 6.45) is 0. The van der Waals surface area contributed by atoms with Crippen LogP contribution in [-0.4, -0.2) is 25.2 Å². The Hall–Kier alpha value is -2.38. The monoisotopic (exact) mass is 462 g/mol. The molecule has 0 radical (unpaired) electrons. The average molecular weight is 463 g/mol. The zero-order valence-electron chi connectivity index (χ0n) is 16.2. The van der Waals surface area contributed by atoms with Crippen molar-refractivity contribution >= 4 is 44.8 Å². The summed E-state index contributed by atoms with van der Waals surface area (Å²) in [6, 6.07) is 19.9. The number of carbonyl (C=O) groups is 1. The van der Waals surface area contributed by atoms with Crippen molar-refractivity contribution in [1.82, 2.24) is 4.31 Å². The highest BCUT2D eigenvalue weighted by Crippen LogP contribution is 2.22. The molecule has 156 valence electrons. The number of amides is 1. The molecule has 0 aliphatic rings. The molecule has 0 unspecified atom stereocenters. The Morgan fingerprint density at radius 1 is 0.933 bits per heavy atom. The standard InChI is InChI=1S/C22H20Cl2N2O3S/c1-16-13-19(24)11-12-21(16)25-22(27)15-26(14-17-7-9-18(23)10-8-17)30(28,29)20-5-3-2-4-6-20/h2-13H,14-15H2,1H3,(H,25,27). The van der Waals surface area contributed by atoms with Crippen molar-refractivity contribution in [1.29, 1.82) is 0 Å². The molecule has 30 heavy (non-hydrogen) atoms. The minimum atomic E-state index is -3.90. The van der Waals surface area contributed by atoms with Crippen LogP contribution in [0.15, 0.2) is 77.7 Å². The van der Waals surface area contributed by atoms with Gasteiger partial charge in [0.15, 0.2) is 0 Å². The number of benzene rings is 3. The third kappa shape index (κ3) is 5.61.